The van der Waals surface area contributed by atoms with E-state index in [0.717, 1.165) is 42.8 Å². The highest BCUT2D eigenvalue weighted by atomic mass is 35.5. The van der Waals surface area contributed by atoms with Gasteiger partial charge in [0.25, 0.3) is 0 Å². The molecule has 6 rings (SSSR count). The number of piperidine rings is 3. The van der Waals surface area contributed by atoms with Crippen LogP contribution in [0.25, 0.3) is 5.57 Å². The van der Waals surface area contributed by atoms with Crippen LogP contribution in [-0.4, -0.2) is 54.5 Å². The van der Waals surface area contributed by atoms with Crippen LogP contribution in [-0.2, 0) is 4.74 Å². The summed E-state index contributed by atoms with van der Waals surface area (Å²) in [4.78, 5) is 15.1. The quantitative estimate of drug-likeness (QED) is 0.465. The Labute approximate surface area is 204 Å². The van der Waals surface area contributed by atoms with Crippen LogP contribution in [0.4, 0.5) is 5.69 Å². The number of rotatable bonds is 6. The zero-order valence-electron chi connectivity index (χ0n) is 19.1. The van der Waals surface area contributed by atoms with Crippen LogP contribution in [0.15, 0.2) is 61.2 Å². The lowest BCUT2D eigenvalue weighted by atomic mass is 9.73. The van der Waals surface area contributed by atoms with E-state index in [0.29, 0.717) is 28.2 Å². The third kappa shape index (κ3) is 4.33. The lowest BCUT2D eigenvalue weighted by molar-refractivity contribution is -0.0256. The van der Waals surface area contributed by atoms with Crippen molar-refractivity contribution >= 4 is 28.8 Å². The number of halogens is 1. The van der Waals surface area contributed by atoms with E-state index in [9.17, 15) is 9.90 Å². The monoisotopic (exact) mass is 480 g/mol. The Kier molecular flexibility index (Phi) is 6.38. The molecule has 0 aliphatic carbocycles. The molecule has 2 aromatic rings. The number of carbonyl (C=O) groups excluding carboxylic acids is 1. The minimum Gasteiger partial charge on any atom is -0.497 e. The zero-order valence-corrected chi connectivity index (χ0v) is 19.9. The number of fused-ring (bicyclic) bond motifs is 4. The summed E-state index contributed by atoms with van der Waals surface area (Å²) in [6.07, 6.45) is 4.47. The fourth-order valence-electron chi connectivity index (χ4n) is 5.47. The van der Waals surface area contributed by atoms with E-state index >= 15 is 0 Å². The maximum atomic E-state index is 12.8. The molecule has 0 spiro atoms. The minimum absolute atomic E-state index is 0.00553. The second-order valence-corrected chi connectivity index (χ2v) is 9.64. The molecule has 3 fully saturated rings. The molecule has 178 valence electrons. The number of esters is 1. The molecule has 4 aliphatic rings. The first-order valence-corrected chi connectivity index (χ1v) is 12.0. The number of hydrogen-bond donors (Lipinski definition) is 2. The van der Waals surface area contributed by atoms with Gasteiger partial charge in [0.2, 0.25) is 0 Å². The molecule has 2 N–H and O–H groups in total. The standard InChI is InChI=1S/C27H29ClN2O4/c1-3-16-15-30-11-10-18(16)12-24(30)26(31)22-14-25(29-23-9-8-20(33-2)13-21(22)23)34-27(32)17-4-6-19(28)7-5-17/h3-9,13-14,16,18,24-26,29,31H,1,10-12,15H2,2H3/t16-,18-,24+,25?,26-/m0/s1. The van der Waals surface area contributed by atoms with Gasteiger partial charge in [0.1, 0.15) is 5.75 Å². The van der Waals surface area contributed by atoms with Crippen molar-refractivity contribution < 1.29 is 19.4 Å². The third-order valence-electron chi connectivity index (χ3n) is 7.32. The summed E-state index contributed by atoms with van der Waals surface area (Å²) in [5.74, 6) is 1.24. The molecular weight excluding hydrogens is 452 g/mol. The van der Waals surface area contributed by atoms with Crippen LogP contribution in [0.1, 0.15) is 28.8 Å². The summed E-state index contributed by atoms with van der Waals surface area (Å²) < 4.78 is 11.2. The highest BCUT2D eigenvalue weighted by Crippen LogP contribution is 2.42. The number of aliphatic hydroxyl groups excluding tert-OH is 1. The highest BCUT2D eigenvalue weighted by Gasteiger charge is 2.43. The van der Waals surface area contributed by atoms with E-state index in [-0.39, 0.29) is 6.04 Å². The Hall–Kier alpha value is -2.80. The van der Waals surface area contributed by atoms with Crippen molar-refractivity contribution in [1.29, 1.82) is 0 Å². The van der Waals surface area contributed by atoms with Crippen molar-refractivity contribution in [1.82, 2.24) is 4.90 Å². The fourth-order valence-corrected chi connectivity index (χ4v) is 5.59. The first kappa shape index (κ1) is 23.0. The molecule has 0 saturated carbocycles. The normalized spacial score (nSPS) is 28.2. The molecule has 2 aromatic carbocycles. The molecule has 2 unspecified atom stereocenters. The topological polar surface area (TPSA) is 71.0 Å². The van der Waals surface area contributed by atoms with Crippen molar-refractivity contribution in [3.8, 4) is 5.75 Å². The smallest absolute Gasteiger partial charge is 0.340 e. The molecule has 4 aliphatic heterocycles. The average Bonchev–Trinajstić information content (AvgIpc) is 2.88. The SMILES string of the molecule is C=C[C@H]1CN2CC[C@H]1C[C@@H]2[C@@H](O)C1=CC(OC(=O)c2ccc(Cl)cc2)Nc2ccc(OC)cc21. The first-order chi connectivity index (χ1) is 16.5. The van der Waals surface area contributed by atoms with Crippen LogP contribution in [0.5, 0.6) is 5.75 Å². The van der Waals surface area contributed by atoms with Gasteiger partial charge in [0.05, 0.1) is 18.8 Å². The summed E-state index contributed by atoms with van der Waals surface area (Å²) in [6, 6.07) is 12.2. The van der Waals surface area contributed by atoms with Crippen molar-refractivity contribution in [2.75, 3.05) is 25.5 Å². The van der Waals surface area contributed by atoms with E-state index in [1.54, 1.807) is 31.4 Å². The van der Waals surface area contributed by atoms with Gasteiger partial charge in [0.15, 0.2) is 6.23 Å². The van der Waals surface area contributed by atoms with Gasteiger partial charge in [0, 0.05) is 28.9 Å². The van der Waals surface area contributed by atoms with Crippen LogP contribution >= 0.6 is 11.6 Å². The highest BCUT2D eigenvalue weighted by molar-refractivity contribution is 6.30. The van der Waals surface area contributed by atoms with Gasteiger partial charge in [-0.1, -0.05) is 17.7 Å². The fraction of sp³-hybridized carbons (Fsp3) is 0.370. The molecule has 3 saturated heterocycles. The van der Waals surface area contributed by atoms with E-state index in [1.807, 2.05) is 24.3 Å². The number of benzene rings is 2. The Balaban J connectivity index is 1.44. The lowest BCUT2D eigenvalue weighted by Gasteiger charge is -2.51. The molecule has 34 heavy (non-hydrogen) atoms. The number of hydrogen-bond acceptors (Lipinski definition) is 6. The first-order valence-electron chi connectivity index (χ1n) is 11.6. The van der Waals surface area contributed by atoms with Gasteiger partial charge in [-0.25, -0.2) is 4.79 Å². The van der Waals surface area contributed by atoms with E-state index in [1.165, 1.54) is 0 Å². The molecule has 4 heterocycles. The minimum atomic E-state index is -0.724. The number of methoxy groups -OCH3 is 1. The molecular formula is C27H29ClN2O4. The number of aliphatic hydroxyl groups is 1. The Morgan fingerprint density at radius 3 is 2.76 bits per heavy atom. The third-order valence-corrected chi connectivity index (χ3v) is 7.57. The summed E-state index contributed by atoms with van der Waals surface area (Å²) in [5.41, 5.74) is 2.79. The summed E-state index contributed by atoms with van der Waals surface area (Å²) >= 11 is 5.94. The Morgan fingerprint density at radius 2 is 2.09 bits per heavy atom. The largest absolute Gasteiger partial charge is 0.497 e. The maximum absolute atomic E-state index is 12.8. The Bertz CT molecular complexity index is 1120. The number of carbonyl (C=O) groups is 1. The van der Waals surface area contributed by atoms with Gasteiger partial charge < -0.3 is 19.9 Å². The van der Waals surface area contributed by atoms with Crippen molar-refractivity contribution in [3.63, 3.8) is 0 Å². The van der Waals surface area contributed by atoms with Crippen LogP contribution < -0.4 is 10.1 Å². The summed E-state index contributed by atoms with van der Waals surface area (Å²) in [7, 11) is 1.62. The van der Waals surface area contributed by atoms with Crippen molar-refractivity contribution in [2.24, 2.45) is 11.8 Å². The van der Waals surface area contributed by atoms with Gasteiger partial charge in [-0.05, 0) is 85.3 Å². The number of nitrogens with one attached hydrogen (secondary N) is 1. The molecule has 0 aromatic heterocycles. The van der Waals surface area contributed by atoms with Crippen molar-refractivity contribution in [3.05, 3.63) is 77.3 Å². The van der Waals surface area contributed by atoms with Crippen LogP contribution in [0.2, 0.25) is 5.02 Å². The maximum Gasteiger partial charge on any atom is 0.340 e. The Morgan fingerprint density at radius 1 is 1.29 bits per heavy atom. The molecule has 2 bridgehead atoms. The van der Waals surface area contributed by atoms with Gasteiger partial charge in [-0.15, -0.1) is 6.58 Å². The lowest BCUT2D eigenvalue weighted by Crippen LogP contribution is -2.57. The molecule has 6 nitrogen and oxygen atoms in total. The molecule has 0 radical (unpaired) electrons. The zero-order chi connectivity index (χ0) is 23.8. The predicted molar refractivity (Wildman–Crippen MR) is 133 cm³/mol. The second-order valence-electron chi connectivity index (χ2n) is 9.20. The molecule has 0 amide bonds. The summed E-state index contributed by atoms with van der Waals surface area (Å²) in [6.45, 7) is 5.89. The second kappa shape index (κ2) is 9.45. The van der Waals surface area contributed by atoms with E-state index in [4.69, 9.17) is 21.1 Å². The predicted octanol–water partition coefficient (Wildman–Crippen LogP) is 4.60. The van der Waals surface area contributed by atoms with E-state index < -0.39 is 18.3 Å². The van der Waals surface area contributed by atoms with Gasteiger partial charge in [-0.2, -0.15) is 0 Å². The van der Waals surface area contributed by atoms with Crippen LogP contribution in [0.3, 0.4) is 0 Å². The number of ether oxygens (including phenoxy) is 2. The number of nitrogens with zero attached hydrogens (tertiary/aromatic N) is 1. The molecule has 7 heteroatoms. The summed E-state index contributed by atoms with van der Waals surface area (Å²) in [5, 5.41) is 15.4. The van der Waals surface area contributed by atoms with Gasteiger partial charge >= 0.3 is 5.97 Å². The molecule has 6 atom stereocenters. The average molecular weight is 481 g/mol. The van der Waals surface area contributed by atoms with Crippen molar-refractivity contribution in [2.45, 2.75) is 31.2 Å². The van der Waals surface area contributed by atoms with E-state index in [2.05, 4.69) is 22.9 Å². The number of anilines is 1. The van der Waals surface area contributed by atoms with Gasteiger partial charge in [-0.3, -0.25) is 4.90 Å². The van der Waals surface area contributed by atoms with Crippen LogP contribution in [0, 0.1) is 11.8 Å².